The van der Waals surface area contributed by atoms with Crippen LogP contribution in [0.2, 0.25) is 5.02 Å². The number of carbonyl (C=O) groups is 1. The number of ether oxygens (including phenoxy) is 3. The van der Waals surface area contributed by atoms with E-state index in [-0.39, 0.29) is 5.60 Å². The summed E-state index contributed by atoms with van der Waals surface area (Å²) < 4.78 is 18.8. The minimum absolute atomic E-state index is 0.173. The number of esters is 1. The molecule has 1 heterocycles. The molecule has 2 aromatic carbocycles. The number of hydrogen-bond donors (Lipinski definition) is 0. The van der Waals surface area contributed by atoms with E-state index in [1.54, 1.807) is 38.1 Å². The Balaban J connectivity index is 1.55. The minimum Gasteiger partial charge on any atom is -0.487 e. The van der Waals surface area contributed by atoms with Gasteiger partial charge in [-0.05, 0) is 126 Å². The number of halogens is 1. The Labute approximate surface area is 273 Å². The monoisotopic (exact) mass is 626 g/mol. The van der Waals surface area contributed by atoms with Crippen LogP contribution in [0.15, 0.2) is 24.3 Å². The predicted octanol–water partition coefficient (Wildman–Crippen LogP) is 11.6. The van der Waals surface area contributed by atoms with Crippen LogP contribution in [0.3, 0.4) is 0 Å². The van der Waals surface area contributed by atoms with Crippen LogP contribution in [0.25, 0.3) is 0 Å². The van der Waals surface area contributed by atoms with Gasteiger partial charge in [0.2, 0.25) is 5.60 Å². The zero-order chi connectivity index (χ0) is 32.7. The van der Waals surface area contributed by atoms with Gasteiger partial charge >= 0.3 is 5.97 Å². The van der Waals surface area contributed by atoms with Crippen LogP contribution in [0, 0.1) is 38.5 Å². The first kappa shape index (κ1) is 36.3. The standard InChI is InChI=1S/C39H59ClO4/c1-26(2)14-11-15-27(3)16-12-17-28(4)18-13-24-39(10)25-23-34-31(7)35(29(5)30(6)36(34)44-39)42-37(41)38(8,9)43-33-21-19-32(40)20-22-33/h19-22,26-28H,11-18,23-25H2,1-10H3/t27-,28-,39-/m1/s1. The van der Waals surface area contributed by atoms with Crippen molar-refractivity contribution in [3.63, 3.8) is 0 Å². The smallest absolute Gasteiger partial charge is 0.355 e. The third-order valence-electron chi connectivity index (χ3n) is 9.71. The molecule has 44 heavy (non-hydrogen) atoms. The lowest BCUT2D eigenvalue weighted by Gasteiger charge is -2.38. The molecule has 246 valence electrons. The van der Waals surface area contributed by atoms with E-state index >= 15 is 0 Å². The van der Waals surface area contributed by atoms with Gasteiger partial charge in [-0.3, -0.25) is 0 Å². The molecule has 1 aliphatic heterocycles. The van der Waals surface area contributed by atoms with Crippen molar-refractivity contribution < 1.29 is 19.0 Å². The van der Waals surface area contributed by atoms with Gasteiger partial charge in [0, 0.05) is 10.6 Å². The van der Waals surface area contributed by atoms with Gasteiger partial charge in [0.05, 0.1) is 0 Å². The second kappa shape index (κ2) is 15.9. The molecule has 0 N–H and O–H groups in total. The van der Waals surface area contributed by atoms with Crippen LogP contribution in [0.5, 0.6) is 17.2 Å². The summed E-state index contributed by atoms with van der Waals surface area (Å²) in [4.78, 5) is 13.3. The maximum atomic E-state index is 13.3. The molecule has 0 saturated heterocycles. The third-order valence-corrected chi connectivity index (χ3v) is 9.96. The van der Waals surface area contributed by atoms with Crippen LogP contribution in [0.4, 0.5) is 0 Å². The number of rotatable bonds is 16. The summed E-state index contributed by atoms with van der Waals surface area (Å²) in [5.74, 6) is 4.16. The first-order chi connectivity index (χ1) is 20.6. The van der Waals surface area contributed by atoms with Crippen molar-refractivity contribution in [3.8, 4) is 17.2 Å². The molecule has 0 bridgehead atoms. The molecule has 1 aliphatic rings. The predicted molar refractivity (Wildman–Crippen MR) is 185 cm³/mol. The van der Waals surface area contributed by atoms with Gasteiger partial charge in [0.15, 0.2) is 0 Å². The highest BCUT2D eigenvalue weighted by Gasteiger charge is 2.37. The van der Waals surface area contributed by atoms with Crippen LogP contribution < -0.4 is 14.2 Å². The lowest BCUT2D eigenvalue weighted by molar-refractivity contribution is -0.149. The van der Waals surface area contributed by atoms with Gasteiger partial charge in [-0.15, -0.1) is 0 Å². The highest BCUT2D eigenvalue weighted by molar-refractivity contribution is 6.30. The highest BCUT2D eigenvalue weighted by Crippen LogP contribution is 2.45. The second-order valence-electron chi connectivity index (χ2n) is 14.9. The molecule has 0 radical (unpaired) electrons. The minimum atomic E-state index is -1.17. The van der Waals surface area contributed by atoms with E-state index in [1.807, 2.05) is 13.8 Å². The summed E-state index contributed by atoms with van der Waals surface area (Å²) in [6, 6.07) is 6.99. The Morgan fingerprint density at radius 1 is 0.886 bits per heavy atom. The van der Waals surface area contributed by atoms with Crippen LogP contribution in [-0.2, 0) is 11.2 Å². The van der Waals surface area contributed by atoms with E-state index in [4.69, 9.17) is 25.8 Å². The third kappa shape index (κ3) is 10.2. The summed E-state index contributed by atoms with van der Waals surface area (Å²) >= 11 is 6.00. The van der Waals surface area contributed by atoms with Gasteiger partial charge in [-0.25, -0.2) is 4.79 Å². The van der Waals surface area contributed by atoms with Gasteiger partial charge < -0.3 is 14.2 Å². The normalized spacial score (nSPS) is 18.0. The number of fused-ring (bicyclic) bond motifs is 1. The van der Waals surface area contributed by atoms with E-state index in [9.17, 15) is 4.79 Å². The first-order valence-corrected chi connectivity index (χ1v) is 17.5. The van der Waals surface area contributed by atoms with Crippen molar-refractivity contribution in [1.82, 2.24) is 0 Å². The summed E-state index contributed by atoms with van der Waals surface area (Å²) in [7, 11) is 0. The maximum Gasteiger partial charge on any atom is 0.355 e. The van der Waals surface area contributed by atoms with Crippen LogP contribution in [-0.4, -0.2) is 17.2 Å². The van der Waals surface area contributed by atoms with Crippen molar-refractivity contribution in [1.29, 1.82) is 0 Å². The molecule has 2 aromatic rings. The maximum absolute atomic E-state index is 13.3. The van der Waals surface area contributed by atoms with E-state index in [2.05, 4.69) is 41.5 Å². The SMILES string of the molecule is Cc1c(C)c2c(c(C)c1OC(=O)C(C)(C)Oc1ccc(Cl)cc1)CC[C@@](C)(CCC[C@H](C)CCC[C@H](C)CCCC(C)C)O2. The largest absolute Gasteiger partial charge is 0.487 e. The molecule has 0 spiro atoms. The Morgan fingerprint density at radius 2 is 1.45 bits per heavy atom. The lowest BCUT2D eigenvalue weighted by Crippen LogP contribution is -2.42. The highest BCUT2D eigenvalue weighted by atomic mass is 35.5. The summed E-state index contributed by atoms with van der Waals surface area (Å²) in [6.45, 7) is 21.4. The molecular weight excluding hydrogens is 568 g/mol. The van der Waals surface area contributed by atoms with Crippen LogP contribution in [0.1, 0.15) is 135 Å². The van der Waals surface area contributed by atoms with Crippen LogP contribution >= 0.6 is 11.6 Å². The Kier molecular flexibility index (Phi) is 13.1. The molecule has 3 rings (SSSR count). The van der Waals surface area contributed by atoms with Crippen molar-refractivity contribution in [3.05, 3.63) is 51.5 Å². The molecular formula is C39H59ClO4. The van der Waals surface area contributed by atoms with Gasteiger partial charge in [-0.2, -0.15) is 0 Å². The van der Waals surface area contributed by atoms with Crippen molar-refractivity contribution >= 4 is 17.6 Å². The molecule has 0 fully saturated rings. The molecule has 0 aromatic heterocycles. The summed E-state index contributed by atoms with van der Waals surface area (Å²) in [6.07, 6.45) is 13.5. The summed E-state index contributed by atoms with van der Waals surface area (Å²) in [5.41, 5.74) is 2.77. The quantitative estimate of drug-likeness (QED) is 0.137. The molecule has 5 heteroatoms. The molecule has 0 aliphatic carbocycles. The fraction of sp³-hybridized carbons (Fsp3) is 0.667. The van der Waals surface area contributed by atoms with Gasteiger partial charge in [0.25, 0.3) is 0 Å². The number of hydrogen-bond acceptors (Lipinski definition) is 4. The molecule has 3 atom stereocenters. The van der Waals surface area contributed by atoms with E-state index < -0.39 is 11.6 Å². The zero-order valence-electron chi connectivity index (χ0n) is 29.3. The van der Waals surface area contributed by atoms with E-state index in [1.165, 1.54) is 51.4 Å². The van der Waals surface area contributed by atoms with Crippen molar-refractivity contribution in [2.75, 3.05) is 0 Å². The average molecular weight is 627 g/mol. The van der Waals surface area contributed by atoms with E-state index in [0.717, 1.165) is 65.0 Å². The Bertz CT molecular complexity index is 1230. The number of carbonyl (C=O) groups excluding carboxylic acids is 1. The number of benzene rings is 2. The summed E-state index contributed by atoms with van der Waals surface area (Å²) in [5, 5.41) is 0.615. The molecule has 0 amide bonds. The molecule has 4 nitrogen and oxygen atoms in total. The topological polar surface area (TPSA) is 44.8 Å². The second-order valence-corrected chi connectivity index (χ2v) is 15.3. The van der Waals surface area contributed by atoms with E-state index in [0.29, 0.717) is 16.5 Å². The fourth-order valence-electron chi connectivity index (χ4n) is 6.47. The Hall–Kier alpha value is -2.20. The zero-order valence-corrected chi connectivity index (χ0v) is 30.1. The van der Waals surface area contributed by atoms with Crippen molar-refractivity contribution in [2.24, 2.45) is 17.8 Å². The molecule has 0 unspecified atom stereocenters. The lowest BCUT2D eigenvalue weighted by atomic mass is 9.83. The first-order valence-electron chi connectivity index (χ1n) is 17.1. The fourth-order valence-corrected chi connectivity index (χ4v) is 6.59. The van der Waals surface area contributed by atoms with Gasteiger partial charge in [-0.1, -0.05) is 84.2 Å². The Morgan fingerprint density at radius 3 is 2.05 bits per heavy atom. The van der Waals surface area contributed by atoms with Gasteiger partial charge in [0.1, 0.15) is 22.8 Å². The average Bonchev–Trinajstić information content (AvgIpc) is 2.94. The van der Waals surface area contributed by atoms with Crippen molar-refractivity contribution in [2.45, 2.75) is 151 Å². The molecule has 0 saturated carbocycles.